The molecule has 1 unspecified atom stereocenters. The van der Waals surface area contributed by atoms with Crippen LogP contribution >= 0.6 is 0 Å². The van der Waals surface area contributed by atoms with Gasteiger partial charge in [-0.15, -0.1) is 0 Å². The fourth-order valence-corrected chi connectivity index (χ4v) is 3.01. The summed E-state index contributed by atoms with van der Waals surface area (Å²) in [4.78, 5) is 22.5. The lowest BCUT2D eigenvalue weighted by molar-refractivity contribution is -0.140. The summed E-state index contributed by atoms with van der Waals surface area (Å²) in [6.45, 7) is 3.06. The molecule has 0 saturated carbocycles. The summed E-state index contributed by atoms with van der Waals surface area (Å²) in [6.07, 6.45) is 1.90. The summed E-state index contributed by atoms with van der Waals surface area (Å²) in [5.41, 5.74) is 3.69. The number of carbonyl (C=O) groups is 2. The van der Waals surface area contributed by atoms with Gasteiger partial charge in [0, 0.05) is 5.56 Å². The second kappa shape index (κ2) is 11.0. The molecule has 3 N–H and O–H groups in total. The molecule has 1 aliphatic rings. The number of fused-ring (bicyclic) bond motifs is 2. The highest BCUT2D eigenvalue weighted by atomic mass is 16.6. The maximum atomic E-state index is 11.7. The molecular weight excluding hydrogens is 410 g/mol. The lowest BCUT2D eigenvalue weighted by Crippen LogP contribution is -2.43. The molecule has 3 aromatic carbocycles. The Kier molecular flexibility index (Phi) is 7.83. The second-order valence-electron chi connectivity index (χ2n) is 7.15. The van der Waals surface area contributed by atoms with E-state index >= 15 is 0 Å². The summed E-state index contributed by atoms with van der Waals surface area (Å²) in [7, 11) is 0. The Morgan fingerprint density at radius 2 is 1.69 bits per heavy atom. The molecule has 0 aromatic heterocycles. The molecule has 0 saturated heterocycles. The number of amides is 1. The van der Waals surface area contributed by atoms with Crippen molar-refractivity contribution >= 4 is 22.8 Å². The van der Waals surface area contributed by atoms with Gasteiger partial charge >= 0.3 is 12.1 Å². The van der Waals surface area contributed by atoms with E-state index in [-0.39, 0.29) is 6.61 Å². The molecule has 3 aromatic rings. The first kappa shape index (κ1) is 22.8. The van der Waals surface area contributed by atoms with Gasteiger partial charge in [-0.05, 0) is 40.5 Å². The molecule has 0 fully saturated rings. The van der Waals surface area contributed by atoms with E-state index in [2.05, 4.69) is 36.2 Å². The summed E-state index contributed by atoms with van der Waals surface area (Å²) in [5, 5.41) is 21.7. The largest absolute Gasteiger partial charge is 0.489 e. The van der Waals surface area contributed by atoms with E-state index in [1.54, 1.807) is 6.08 Å². The number of hydrogen-bond donors (Lipinski definition) is 3. The Bertz CT molecular complexity index is 1090. The molecule has 1 aliphatic carbocycles. The molecule has 7 heteroatoms. The highest BCUT2D eigenvalue weighted by molar-refractivity contribution is 5.85. The Balaban J connectivity index is 0.000000343. The predicted molar refractivity (Wildman–Crippen MR) is 121 cm³/mol. The van der Waals surface area contributed by atoms with Crippen molar-refractivity contribution < 1.29 is 29.3 Å². The van der Waals surface area contributed by atoms with Crippen LogP contribution in [-0.2, 0) is 22.6 Å². The molecule has 0 aliphatic heterocycles. The number of aliphatic hydroxyl groups is 1. The maximum Gasteiger partial charge on any atom is 0.408 e. The standard InChI is InChI=1S/C18H19NO6.C7H6/c1-2-7-24-16-9-13-6-4-3-5-12(13)8-14(16)11-25-18(23)19-15(10-20)17(21)22;1-2-4-7-5-6(7)3-1/h2-6,8-9,15,20H,1,7,10-11H2,(H,19,23)(H,21,22);1-4H,5H2. The van der Waals surface area contributed by atoms with Crippen LogP contribution in [0.4, 0.5) is 4.79 Å². The van der Waals surface area contributed by atoms with Gasteiger partial charge in [-0.1, -0.05) is 61.2 Å². The van der Waals surface area contributed by atoms with Gasteiger partial charge in [0.05, 0.1) is 6.61 Å². The minimum Gasteiger partial charge on any atom is -0.489 e. The fraction of sp³-hybridized carbons (Fsp3) is 0.200. The zero-order valence-corrected chi connectivity index (χ0v) is 17.5. The summed E-state index contributed by atoms with van der Waals surface area (Å²) in [5.74, 6) is -0.802. The third-order valence-corrected chi connectivity index (χ3v) is 4.79. The van der Waals surface area contributed by atoms with Gasteiger partial charge in [-0.2, -0.15) is 0 Å². The minimum absolute atomic E-state index is 0.110. The van der Waals surface area contributed by atoms with E-state index in [4.69, 9.17) is 19.7 Å². The number of benzene rings is 3. The van der Waals surface area contributed by atoms with Crippen LogP contribution in [0.2, 0.25) is 0 Å². The number of carboxylic acid groups (broad SMARTS) is 1. The molecule has 0 heterocycles. The average Bonchev–Trinajstić information content (AvgIpc) is 3.59. The summed E-state index contributed by atoms with van der Waals surface area (Å²) >= 11 is 0. The Hall–Kier alpha value is -3.84. The van der Waals surface area contributed by atoms with Gasteiger partial charge in [-0.25, -0.2) is 9.59 Å². The minimum atomic E-state index is -1.42. The third kappa shape index (κ3) is 6.33. The first-order valence-electron chi connectivity index (χ1n) is 10.1. The predicted octanol–water partition coefficient (Wildman–Crippen LogP) is 3.67. The summed E-state index contributed by atoms with van der Waals surface area (Å²) < 4.78 is 10.7. The molecule has 1 amide bonds. The van der Waals surface area contributed by atoms with Crippen molar-refractivity contribution in [1.29, 1.82) is 0 Å². The van der Waals surface area contributed by atoms with Crippen molar-refractivity contribution in [2.45, 2.75) is 19.1 Å². The lowest BCUT2D eigenvalue weighted by atomic mass is 10.1. The number of alkyl carbamates (subject to hydrolysis) is 1. The highest BCUT2D eigenvalue weighted by Crippen LogP contribution is 2.27. The third-order valence-electron chi connectivity index (χ3n) is 4.79. The van der Waals surface area contributed by atoms with Gasteiger partial charge < -0.3 is 25.0 Å². The zero-order valence-electron chi connectivity index (χ0n) is 17.5. The fourth-order valence-electron chi connectivity index (χ4n) is 3.01. The maximum absolute atomic E-state index is 11.7. The van der Waals surface area contributed by atoms with Gasteiger partial charge in [-0.3, -0.25) is 0 Å². The summed E-state index contributed by atoms with van der Waals surface area (Å²) in [6, 6.07) is 18.4. The van der Waals surface area contributed by atoms with Crippen LogP contribution in [-0.4, -0.2) is 41.5 Å². The number of hydrogen-bond acceptors (Lipinski definition) is 5. The molecule has 7 nitrogen and oxygen atoms in total. The number of aliphatic carboxylic acids is 1. The van der Waals surface area contributed by atoms with E-state index in [1.165, 1.54) is 17.5 Å². The number of carboxylic acids is 1. The van der Waals surface area contributed by atoms with Crippen molar-refractivity contribution in [1.82, 2.24) is 5.32 Å². The van der Waals surface area contributed by atoms with Crippen LogP contribution in [0.3, 0.4) is 0 Å². The van der Waals surface area contributed by atoms with Gasteiger partial charge in [0.15, 0.2) is 6.04 Å². The van der Waals surface area contributed by atoms with Crippen LogP contribution in [0, 0.1) is 0 Å². The number of aliphatic hydroxyl groups excluding tert-OH is 1. The Morgan fingerprint density at radius 1 is 1.06 bits per heavy atom. The van der Waals surface area contributed by atoms with Crippen molar-refractivity contribution in [2.75, 3.05) is 13.2 Å². The van der Waals surface area contributed by atoms with E-state index in [0.29, 0.717) is 17.9 Å². The van der Waals surface area contributed by atoms with E-state index in [1.807, 2.05) is 36.4 Å². The second-order valence-corrected chi connectivity index (χ2v) is 7.15. The molecule has 32 heavy (non-hydrogen) atoms. The quantitative estimate of drug-likeness (QED) is 0.365. The van der Waals surface area contributed by atoms with Crippen molar-refractivity contribution in [3.05, 3.63) is 90.0 Å². The lowest BCUT2D eigenvalue weighted by Gasteiger charge is -2.14. The van der Waals surface area contributed by atoms with E-state index in [0.717, 1.165) is 10.8 Å². The topological polar surface area (TPSA) is 105 Å². The van der Waals surface area contributed by atoms with E-state index in [9.17, 15) is 9.59 Å². The first-order valence-corrected chi connectivity index (χ1v) is 10.1. The average molecular weight is 435 g/mol. The Labute approximate surface area is 185 Å². The zero-order chi connectivity index (χ0) is 22.9. The number of rotatable bonds is 8. The van der Waals surface area contributed by atoms with Gasteiger partial charge in [0.2, 0.25) is 0 Å². The van der Waals surface area contributed by atoms with Crippen LogP contribution in [0.5, 0.6) is 5.75 Å². The molecule has 0 bridgehead atoms. The molecule has 0 radical (unpaired) electrons. The highest BCUT2D eigenvalue weighted by Gasteiger charge is 2.20. The smallest absolute Gasteiger partial charge is 0.408 e. The number of carbonyl (C=O) groups excluding carboxylic acids is 1. The van der Waals surface area contributed by atoms with Gasteiger partial charge in [0.1, 0.15) is 19.0 Å². The molecule has 0 spiro atoms. The Morgan fingerprint density at radius 3 is 2.25 bits per heavy atom. The van der Waals surface area contributed by atoms with Crippen LogP contribution in [0.15, 0.2) is 73.3 Å². The SMILES string of the molecule is C=CCOc1cc2ccccc2cc1COC(=O)NC(CO)C(=O)O.c1ccc2c(c1)C2. The van der Waals surface area contributed by atoms with Crippen LogP contribution in [0.1, 0.15) is 16.7 Å². The van der Waals surface area contributed by atoms with Crippen LogP contribution in [0.25, 0.3) is 10.8 Å². The monoisotopic (exact) mass is 435 g/mol. The van der Waals surface area contributed by atoms with Crippen molar-refractivity contribution in [3.8, 4) is 5.75 Å². The first-order chi connectivity index (χ1) is 15.5. The molecule has 4 rings (SSSR count). The normalized spacial score (nSPS) is 11.9. The number of nitrogens with one attached hydrogen (secondary N) is 1. The molecular formula is C25H25NO6. The van der Waals surface area contributed by atoms with Crippen molar-refractivity contribution in [3.63, 3.8) is 0 Å². The molecule has 1 atom stereocenters. The van der Waals surface area contributed by atoms with Crippen LogP contribution < -0.4 is 10.1 Å². The number of ether oxygens (including phenoxy) is 2. The van der Waals surface area contributed by atoms with E-state index < -0.39 is 24.7 Å². The van der Waals surface area contributed by atoms with Gasteiger partial charge in [0.25, 0.3) is 0 Å². The molecule has 166 valence electrons. The van der Waals surface area contributed by atoms with Crippen molar-refractivity contribution in [2.24, 2.45) is 0 Å².